The lowest BCUT2D eigenvalue weighted by Gasteiger charge is -2.19. The van der Waals surface area contributed by atoms with Gasteiger partial charge in [0.05, 0.1) is 17.9 Å². The average Bonchev–Trinajstić information content (AvgIpc) is 3.02. The van der Waals surface area contributed by atoms with E-state index in [1.54, 1.807) is 0 Å². The van der Waals surface area contributed by atoms with Crippen molar-refractivity contribution in [2.45, 2.75) is 26.9 Å². The van der Waals surface area contributed by atoms with Crippen LogP contribution in [0.2, 0.25) is 0 Å². The summed E-state index contributed by atoms with van der Waals surface area (Å²) in [6.07, 6.45) is 0. The fourth-order valence-corrected chi connectivity index (χ4v) is 3.82. The predicted octanol–water partition coefficient (Wildman–Crippen LogP) is 4.22. The molecule has 1 aliphatic rings. The van der Waals surface area contributed by atoms with E-state index in [2.05, 4.69) is 79.8 Å². The number of aromatic nitrogens is 3. The number of hydrogen-bond acceptors (Lipinski definition) is 4. The Morgan fingerprint density at radius 3 is 2.56 bits per heavy atom. The molecule has 0 fully saturated rings. The van der Waals surface area contributed by atoms with Crippen molar-refractivity contribution < 1.29 is 0 Å². The molecule has 2 heterocycles. The molecule has 6 heteroatoms. The lowest BCUT2D eigenvalue weighted by Crippen LogP contribution is -2.24. The molecule has 0 saturated carbocycles. The summed E-state index contributed by atoms with van der Waals surface area (Å²) < 4.78 is 3.21. The Bertz CT molecular complexity index is 973. The molecule has 0 aliphatic carbocycles. The molecule has 0 atom stereocenters. The minimum Gasteiger partial charge on any atom is -0.296 e. The van der Waals surface area contributed by atoms with Crippen molar-refractivity contribution >= 4 is 21.6 Å². The van der Waals surface area contributed by atoms with Gasteiger partial charge in [-0.25, -0.2) is 0 Å². The van der Waals surface area contributed by atoms with Gasteiger partial charge < -0.3 is 0 Å². The van der Waals surface area contributed by atoms with Crippen LogP contribution in [0.25, 0.3) is 5.69 Å². The highest BCUT2D eigenvalue weighted by atomic mass is 79.9. The van der Waals surface area contributed by atoms with Gasteiger partial charge >= 0.3 is 0 Å². The Labute approximate surface area is 167 Å². The fourth-order valence-electron chi connectivity index (χ4n) is 3.45. The van der Waals surface area contributed by atoms with Gasteiger partial charge in [-0.3, -0.25) is 14.5 Å². The van der Waals surface area contributed by atoms with Gasteiger partial charge in [-0.2, -0.15) is 0 Å². The zero-order valence-corrected chi connectivity index (χ0v) is 17.1. The van der Waals surface area contributed by atoms with Crippen molar-refractivity contribution in [3.8, 4) is 5.69 Å². The number of rotatable bonds is 5. The summed E-state index contributed by atoms with van der Waals surface area (Å²) in [4.78, 5) is 7.26. The van der Waals surface area contributed by atoms with E-state index in [1.807, 2.05) is 18.2 Å². The SMILES string of the molecule is CCN(CC)Cc1nnc2n1-c1ccc(Br)cc1C(c1ccccc1)=NC2. The molecule has 1 aliphatic heterocycles. The van der Waals surface area contributed by atoms with E-state index >= 15 is 0 Å². The minimum atomic E-state index is 0.516. The van der Waals surface area contributed by atoms with E-state index in [-0.39, 0.29) is 0 Å². The lowest BCUT2D eigenvalue weighted by atomic mass is 10.0. The highest BCUT2D eigenvalue weighted by Gasteiger charge is 2.23. The number of aliphatic imine (C=N–C) groups is 1. The minimum absolute atomic E-state index is 0.516. The summed E-state index contributed by atoms with van der Waals surface area (Å²) in [6.45, 7) is 7.60. The maximum atomic E-state index is 4.91. The summed E-state index contributed by atoms with van der Waals surface area (Å²) in [7, 11) is 0. The normalized spacial score (nSPS) is 13.1. The molecule has 4 rings (SSSR count). The van der Waals surface area contributed by atoms with Crippen molar-refractivity contribution in [2.24, 2.45) is 4.99 Å². The maximum absolute atomic E-state index is 4.91. The number of nitrogens with zero attached hydrogens (tertiary/aromatic N) is 5. The standard InChI is InChI=1S/C21H22BrN5/c1-3-26(4-2)14-20-25-24-19-13-23-21(15-8-6-5-7-9-15)17-12-16(22)10-11-18(17)27(19)20/h5-12H,3-4,13-14H2,1-2H3. The monoisotopic (exact) mass is 423 g/mol. The van der Waals surface area contributed by atoms with Crippen molar-refractivity contribution in [3.63, 3.8) is 0 Å². The van der Waals surface area contributed by atoms with Gasteiger partial charge in [-0.1, -0.05) is 60.1 Å². The van der Waals surface area contributed by atoms with Crippen LogP contribution in [0.5, 0.6) is 0 Å². The summed E-state index contributed by atoms with van der Waals surface area (Å²) in [5.74, 6) is 1.84. The number of benzene rings is 2. The van der Waals surface area contributed by atoms with Gasteiger partial charge in [0.1, 0.15) is 6.54 Å². The lowest BCUT2D eigenvalue weighted by molar-refractivity contribution is 0.286. The molecule has 0 bridgehead atoms. The molecule has 3 aromatic rings. The zero-order chi connectivity index (χ0) is 18.8. The molecule has 0 radical (unpaired) electrons. The van der Waals surface area contributed by atoms with Crippen molar-refractivity contribution in [1.82, 2.24) is 19.7 Å². The second-order valence-corrected chi connectivity index (χ2v) is 7.44. The average molecular weight is 424 g/mol. The Balaban J connectivity index is 1.87. The highest BCUT2D eigenvalue weighted by molar-refractivity contribution is 9.10. The van der Waals surface area contributed by atoms with Crippen LogP contribution in [0.4, 0.5) is 0 Å². The first-order valence-corrected chi connectivity index (χ1v) is 10.1. The first-order valence-electron chi connectivity index (χ1n) is 9.27. The third-order valence-electron chi connectivity index (χ3n) is 4.94. The summed E-state index contributed by atoms with van der Waals surface area (Å²) in [6, 6.07) is 16.7. The van der Waals surface area contributed by atoms with E-state index in [1.165, 1.54) is 0 Å². The van der Waals surface area contributed by atoms with E-state index < -0.39 is 0 Å². The largest absolute Gasteiger partial charge is 0.296 e. The van der Waals surface area contributed by atoms with Gasteiger partial charge in [0.25, 0.3) is 0 Å². The number of hydrogen-bond donors (Lipinski definition) is 0. The second kappa shape index (κ2) is 7.74. The Morgan fingerprint density at radius 1 is 1.04 bits per heavy atom. The Hall–Kier alpha value is -2.31. The Morgan fingerprint density at radius 2 is 1.81 bits per heavy atom. The molecule has 27 heavy (non-hydrogen) atoms. The summed E-state index contributed by atoms with van der Waals surface area (Å²) in [5.41, 5.74) is 4.28. The van der Waals surface area contributed by atoms with Crippen LogP contribution in [-0.4, -0.2) is 38.5 Å². The first-order chi connectivity index (χ1) is 13.2. The van der Waals surface area contributed by atoms with E-state index in [0.717, 1.165) is 58.3 Å². The molecule has 1 aromatic heterocycles. The van der Waals surface area contributed by atoms with Gasteiger partial charge in [-0.05, 0) is 31.3 Å². The van der Waals surface area contributed by atoms with Crippen molar-refractivity contribution in [3.05, 3.63) is 75.8 Å². The molecule has 5 nitrogen and oxygen atoms in total. The van der Waals surface area contributed by atoms with Crippen LogP contribution in [-0.2, 0) is 13.1 Å². The van der Waals surface area contributed by atoms with Crippen LogP contribution < -0.4 is 0 Å². The Kier molecular flexibility index (Phi) is 5.18. The molecule has 0 amide bonds. The van der Waals surface area contributed by atoms with Crippen LogP contribution in [0, 0.1) is 0 Å². The van der Waals surface area contributed by atoms with E-state index in [0.29, 0.717) is 6.54 Å². The summed E-state index contributed by atoms with van der Waals surface area (Å²) >= 11 is 3.62. The van der Waals surface area contributed by atoms with Crippen molar-refractivity contribution in [2.75, 3.05) is 13.1 Å². The molecule has 2 aromatic carbocycles. The van der Waals surface area contributed by atoms with E-state index in [9.17, 15) is 0 Å². The molecule has 0 saturated heterocycles. The first kappa shape index (κ1) is 18.1. The molecule has 0 spiro atoms. The predicted molar refractivity (Wildman–Crippen MR) is 111 cm³/mol. The number of fused-ring (bicyclic) bond motifs is 3. The van der Waals surface area contributed by atoms with Crippen LogP contribution in [0.1, 0.15) is 36.6 Å². The van der Waals surface area contributed by atoms with Crippen LogP contribution in [0.3, 0.4) is 0 Å². The maximum Gasteiger partial charge on any atom is 0.159 e. The van der Waals surface area contributed by atoms with Gasteiger partial charge in [0.2, 0.25) is 0 Å². The van der Waals surface area contributed by atoms with Gasteiger partial charge in [-0.15, -0.1) is 10.2 Å². The number of halogens is 1. The van der Waals surface area contributed by atoms with E-state index in [4.69, 9.17) is 4.99 Å². The second-order valence-electron chi connectivity index (χ2n) is 6.52. The third kappa shape index (κ3) is 3.47. The van der Waals surface area contributed by atoms with Crippen LogP contribution in [0.15, 0.2) is 58.0 Å². The topological polar surface area (TPSA) is 46.3 Å². The zero-order valence-electron chi connectivity index (χ0n) is 15.6. The fraction of sp³-hybridized carbons (Fsp3) is 0.286. The molecular formula is C21H22BrN5. The molecule has 0 N–H and O–H groups in total. The van der Waals surface area contributed by atoms with Crippen molar-refractivity contribution in [1.29, 1.82) is 0 Å². The molecule has 138 valence electrons. The third-order valence-corrected chi connectivity index (χ3v) is 5.43. The smallest absolute Gasteiger partial charge is 0.159 e. The van der Waals surface area contributed by atoms with Crippen LogP contribution >= 0.6 is 15.9 Å². The quantitative estimate of drug-likeness (QED) is 0.616. The summed E-state index contributed by atoms with van der Waals surface area (Å²) in [5, 5.41) is 8.94. The molecular weight excluding hydrogens is 402 g/mol. The van der Waals surface area contributed by atoms with Gasteiger partial charge in [0, 0.05) is 15.6 Å². The van der Waals surface area contributed by atoms with Gasteiger partial charge in [0.15, 0.2) is 11.6 Å². The highest BCUT2D eigenvalue weighted by Crippen LogP contribution is 2.28. The molecule has 0 unspecified atom stereocenters.